The van der Waals surface area contributed by atoms with Crippen molar-refractivity contribution < 1.29 is 18.5 Å². The fraction of sp³-hybridized carbons (Fsp3) is 0.412. The van der Waals surface area contributed by atoms with Gasteiger partial charge >= 0.3 is 12.1 Å². The number of likely N-dealkylation sites (N-methyl/N-ethyl adjacent to an activating group) is 1. The molecule has 0 bridgehead atoms. The Bertz CT molecular complexity index is 1040. The maximum absolute atomic E-state index is 12.6. The molecule has 1 aromatic carbocycles. The average molecular weight is 527 g/mol. The zero-order valence-corrected chi connectivity index (χ0v) is 20.7. The number of amides is 3. The maximum Gasteiger partial charge on any atom is 0.413 e. The molecule has 2 atom stereocenters. The number of aromatic nitrogens is 2. The Morgan fingerprint density at radius 1 is 1.26 bits per heavy atom. The third kappa shape index (κ3) is 5.23. The van der Waals surface area contributed by atoms with Crippen LogP contribution in [0, 0.1) is 0 Å². The molecule has 1 N–H and O–H groups in total. The van der Waals surface area contributed by atoms with Crippen molar-refractivity contribution in [1.82, 2.24) is 15.1 Å². The molecule has 168 valence electrons. The standard InChI is InChI=1S/C17H18Cl3N5O4S2/c1-17(2,3)31(28)15-23-22-13(30-15)25-11(7-24(4)16(25)27)29-14(26)21-12-9(19)5-8(18)6-10(12)20/h5-6,11H,7H2,1-4H3,(H,21,26). The molecule has 1 fully saturated rings. The molecule has 3 amide bonds. The number of hydrogen-bond donors (Lipinski definition) is 1. The number of nitrogens with one attached hydrogen (secondary N) is 1. The molecule has 1 aromatic heterocycles. The molecule has 1 saturated heterocycles. The maximum atomic E-state index is 12.6. The van der Waals surface area contributed by atoms with Gasteiger partial charge in [0, 0.05) is 16.8 Å². The number of benzene rings is 1. The molecule has 9 nitrogen and oxygen atoms in total. The second-order valence-electron chi connectivity index (χ2n) is 7.49. The number of halogens is 3. The third-order valence-electron chi connectivity index (χ3n) is 4.04. The molecule has 1 aliphatic heterocycles. The van der Waals surface area contributed by atoms with Crippen LogP contribution in [0.4, 0.5) is 20.4 Å². The van der Waals surface area contributed by atoms with Crippen LogP contribution in [0.3, 0.4) is 0 Å². The lowest BCUT2D eigenvalue weighted by molar-refractivity contribution is 0.116. The second kappa shape index (κ2) is 9.07. The van der Waals surface area contributed by atoms with E-state index in [1.807, 2.05) is 20.8 Å². The van der Waals surface area contributed by atoms with Gasteiger partial charge in [-0.25, -0.2) is 14.5 Å². The Hall–Kier alpha value is -1.66. The van der Waals surface area contributed by atoms with Gasteiger partial charge < -0.3 is 9.64 Å². The SMILES string of the molecule is CN1CC(OC(=O)Nc2c(Cl)cc(Cl)cc2Cl)N(c2nnc(S(=O)C(C)(C)C)s2)C1=O. The van der Waals surface area contributed by atoms with E-state index in [1.165, 1.54) is 21.9 Å². The summed E-state index contributed by atoms with van der Waals surface area (Å²) in [4.78, 5) is 27.6. The number of urea groups is 1. The molecule has 0 saturated carbocycles. The second-order valence-corrected chi connectivity index (χ2v) is 12.1. The summed E-state index contributed by atoms with van der Waals surface area (Å²) >= 11 is 19.0. The van der Waals surface area contributed by atoms with Crippen molar-refractivity contribution >= 4 is 79.9 Å². The monoisotopic (exact) mass is 525 g/mol. The number of rotatable bonds is 4. The molecule has 3 rings (SSSR count). The zero-order chi connectivity index (χ0) is 23.1. The first-order valence-electron chi connectivity index (χ1n) is 8.80. The number of ether oxygens (including phenoxy) is 1. The predicted molar refractivity (Wildman–Crippen MR) is 122 cm³/mol. The minimum Gasteiger partial charge on any atom is -0.423 e. The van der Waals surface area contributed by atoms with E-state index in [-0.39, 0.29) is 31.7 Å². The smallest absolute Gasteiger partial charge is 0.413 e. The van der Waals surface area contributed by atoms with Crippen LogP contribution in [0.15, 0.2) is 16.5 Å². The van der Waals surface area contributed by atoms with Crippen LogP contribution in [-0.4, -0.2) is 56.0 Å². The minimum absolute atomic E-state index is 0.0889. The highest BCUT2D eigenvalue weighted by molar-refractivity contribution is 7.88. The highest BCUT2D eigenvalue weighted by Crippen LogP contribution is 2.35. The van der Waals surface area contributed by atoms with Crippen molar-refractivity contribution in [2.75, 3.05) is 23.8 Å². The predicted octanol–water partition coefficient (Wildman–Crippen LogP) is 4.85. The highest BCUT2D eigenvalue weighted by atomic mass is 35.5. The first kappa shape index (κ1) is 24.0. The van der Waals surface area contributed by atoms with Crippen LogP contribution in [0.5, 0.6) is 0 Å². The summed E-state index contributed by atoms with van der Waals surface area (Å²) in [6.07, 6.45) is -1.88. The normalized spacial score (nSPS) is 17.8. The van der Waals surface area contributed by atoms with Crippen molar-refractivity contribution in [3.8, 4) is 0 Å². The van der Waals surface area contributed by atoms with Crippen molar-refractivity contribution in [3.05, 3.63) is 27.2 Å². The number of anilines is 2. The summed E-state index contributed by atoms with van der Waals surface area (Å²) in [5.41, 5.74) is 0.126. The van der Waals surface area contributed by atoms with E-state index in [4.69, 9.17) is 39.5 Å². The summed E-state index contributed by atoms with van der Waals surface area (Å²) in [5.74, 6) is 0. The Labute approximate surface area is 200 Å². The van der Waals surface area contributed by atoms with Crippen molar-refractivity contribution in [3.63, 3.8) is 0 Å². The molecule has 2 aromatic rings. The van der Waals surface area contributed by atoms with Gasteiger partial charge in [-0.15, -0.1) is 10.2 Å². The van der Waals surface area contributed by atoms with Gasteiger partial charge in [0.05, 0.1) is 33.1 Å². The molecular formula is C17H18Cl3N5O4S2. The van der Waals surface area contributed by atoms with Gasteiger partial charge in [-0.1, -0.05) is 46.1 Å². The lowest BCUT2D eigenvalue weighted by Crippen LogP contribution is -2.38. The van der Waals surface area contributed by atoms with E-state index in [9.17, 15) is 13.8 Å². The lowest BCUT2D eigenvalue weighted by Gasteiger charge is -2.20. The fourth-order valence-electron chi connectivity index (χ4n) is 2.55. The van der Waals surface area contributed by atoms with Gasteiger partial charge in [-0.3, -0.25) is 9.53 Å². The first-order chi connectivity index (χ1) is 14.4. The molecule has 1 aliphatic rings. The van der Waals surface area contributed by atoms with Crippen LogP contribution in [-0.2, 0) is 15.5 Å². The van der Waals surface area contributed by atoms with Gasteiger partial charge in [0.25, 0.3) is 0 Å². The molecule has 0 spiro atoms. The van der Waals surface area contributed by atoms with Crippen LogP contribution in [0.1, 0.15) is 20.8 Å². The highest BCUT2D eigenvalue weighted by Gasteiger charge is 2.41. The summed E-state index contributed by atoms with van der Waals surface area (Å²) in [5, 5.41) is 11.1. The number of nitrogens with zero attached hydrogens (tertiary/aromatic N) is 4. The molecular weight excluding hydrogens is 509 g/mol. The first-order valence-corrected chi connectivity index (χ1v) is 11.9. The topological polar surface area (TPSA) is 105 Å². The average Bonchev–Trinajstić information content (AvgIpc) is 3.22. The van der Waals surface area contributed by atoms with Crippen LogP contribution in [0.2, 0.25) is 15.1 Å². The van der Waals surface area contributed by atoms with Crippen LogP contribution < -0.4 is 10.2 Å². The largest absolute Gasteiger partial charge is 0.423 e. The zero-order valence-electron chi connectivity index (χ0n) is 16.8. The Kier molecular flexibility index (Phi) is 7.02. The summed E-state index contributed by atoms with van der Waals surface area (Å²) < 4.78 is 17.7. The molecule has 0 aliphatic carbocycles. The minimum atomic E-state index is -1.42. The van der Waals surface area contributed by atoms with Crippen LogP contribution in [0.25, 0.3) is 0 Å². The van der Waals surface area contributed by atoms with Gasteiger partial charge in [-0.05, 0) is 32.9 Å². The van der Waals surface area contributed by atoms with Gasteiger partial charge in [0.2, 0.25) is 15.7 Å². The fourth-order valence-corrected chi connectivity index (χ4v) is 5.99. The molecule has 14 heteroatoms. The molecule has 0 radical (unpaired) electrons. The Morgan fingerprint density at radius 2 is 1.87 bits per heavy atom. The molecule has 2 unspecified atom stereocenters. The van der Waals surface area contributed by atoms with Crippen molar-refractivity contribution in [2.45, 2.75) is 36.1 Å². The van der Waals surface area contributed by atoms with E-state index < -0.39 is 33.9 Å². The van der Waals surface area contributed by atoms with E-state index in [1.54, 1.807) is 7.05 Å². The molecule has 31 heavy (non-hydrogen) atoms. The number of hydrogen-bond acceptors (Lipinski definition) is 7. The lowest BCUT2D eigenvalue weighted by atomic mass is 10.3. The number of carbonyl (C=O) groups excluding carboxylic acids is 2. The summed E-state index contributed by atoms with van der Waals surface area (Å²) in [6, 6.07) is 2.40. The van der Waals surface area contributed by atoms with Crippen LogP contribution >= 0.6 is 46.1 Å². The summed E-state index contributed by atoms with van der Waals surface area (Å²) in [7, 11) is 0.132. The van der Waals surface area contributed by atoms with E-state index in [2.05, 4.69) is 15.5 Å². The van der Waals surface area contributed by atoms with E-state index in [0.717, 1.165) is 11.3 Å². The summed E-state index contributed by atoms with van der Waals surface area (Å²) in [6.45, 7) is 5.51. The Balaban J connectivity index is 1.80. The van der Waals surface area contributed by atoms with Crippen molar-refractivity contribution in [2.24, 2.45) is 0 Å². The van der Waals surface area contributed by atoms with Gasteiger partial charge in [-0.2, -0.15) is 0 Å². The van der Waals surface area contributed by atoms with Crippen molar-refractivity contribution in [1.29, 1.82) is 0 Å². The Morgan fingerprint density at radius 3 is 2.45 bits per heavy atom. The quantitative estimate of drug-likeness (QED) is 0.571. The van der Waals surface area contributed by atoms with Gasteiger partial charge in [0.15, 0.2) is 0 Å². The van der Waals surface area contributed by atoms with E-state index >= 15 is 0 Å². The van der Waals surface area contributed by atoms with Gasteiger partial charge in [0.1, 0.15) is 0 Å². The third-order valence-corrected chi connectivity index (χ3v) is 7.79. The van der Waals surface area contributed by atoms with E-state index in [0.29, 0.717) is 5.02 Å². The number of carbonyl (C=O) groups is 2. The molecule has 2 heterocycles.